The van der Waals surface area contributed by atoms with Crippen LogP contribution in [0.1, 0.15) is 10.4 Å². The van der Waals surface area contributed by atoms with Gasteiger partial charge in [0.05, 0.1) is 5.56 Å². The molecule has 1 aromatic carbocycles. The van der Waals surface area contributed by atoms with Crippen LogP contribution in [0.3, 0.4) is 0 Å². The molecule has 0 unspecified atom stereocenters. The summed E-state index contributed by atoms with van der Waals surface area (Å²) in [7, 11) is 0. The van der Waals surface area contributed by atoms with Crippen LogP contribution in [0.25, 0.3) is 0 Å². The lowest BCUT2D eigenvalue weighted by Gasteiger charge is -2.02. The summed E-state index contributed by atoms with van der Waals surface area (Å²) in [6, 6.07) is 5.62. The zero-order chi connectivity index (χ0) is 12.8. The van der Waals surface area contributed by atoms with Gasteiger partial charge in [0, 0.05) is 17.8 Å². The van der Waals surface area contributed by atoms with Crippen LogP contribution in [0, 0.1) is 0 Å². The van der Waals surface area contributed by atoms with Crippen LogP contribution in [0.2, 0.25) is 0 Å². The van der Waals surface area contributed by atoms with Crippen molar-refractivity contribution in [2.24, 2.45) is 0 Å². The maximum atomic E-state index is 11.2. The maximum absolute atomic E-state index is 11.2. The van der Waals surface area contributed by atoms with Crippen LogP contribution in [-0.2, 0) is 9.59 Å². The molecular weight excluding hydrogens is 226 g/mol. The first-order valence-corrected chi connectivity index (χ1v) is 4.54. The van der Waals surface area contributed by atoms with Gasteiger partial charge < -0.3 is 15.5 Å². The summed E-state index contributed by atoms with van der Waals surface area (Å²) in [5.41, 5.74) is 0.315. The van der Waals surface area contributed by atoms with E-state index >= 15 is 0 Å². The molecule has 0 bridgehead atoms. The van der Waals surface area contributed by atoms with E-state index in [2.05, 4.69) is 5.32 Å². The smallest absolute Gasteiger partial charge is 0.335 e. The Bertz CT molecular complexity index is 492. The van der Waals surface area contributed by atoms with E-state index in [4.69, 9.17) is 10.2 Å². The summed E-state index contributed by atoms with van der Waals surface area (Å²) in [6.07, 6.45) is 1.53. The number of carbonyl (C=O) groups is 3. The van der Waals surface area contributed by atoms with Gasteiger partial charge in [-0.05, 0) is 18.2 Å². The Hall–Kier alpha value is -2.63. The molecule has 0 saturated carbocycles. The third-order valence-electron chi connectivity index (χ3n) is 1.75. The van der Waals surface area contributed by atoms with E-state index in [-0.39, 0.29) is 11.3 Å². The standard InChI is InChI=1S/C11H9NO5/c13-9(4-5-10(14)15)12-8-3-1-2-7(6-8)11(16)17/h1-6H,(H,12,13)(H,14,15)(H,16,17)/b5-4-. The van der Waals surface area contributed by atoms with E-state index in [1.165, 1.54) is 24.3 Å². The number of anilines is 1. The molecule has 1 rings (SSSR count). The van der Waals surface area contributed by atoms with Crippen LogP contribution in [-0.4, -0.2) is 28.1 Å². The number of benzene rings is 1. The lowest BCUT2D eigenvalue weighted by molar-refractivity contribution is -0.131. The second-order valence-corrected chi connectivity index (χ2v) is 3.05. The first-order chi connectivity index (χ1) is 7.99. The van der Waals surface area contributed by atoms with Crippen molar-refractivity contribution in [3.05, 3.63) is 42.0 Å². The molecule has 1 amide bonds. The molecule has 6 nitrogen and oxygen atoms in total. The zero-order valence-corrected chi connectivity index (χ0v) is 8.58. The molecule has 0 aliphatic rings. The average molecular weight is 235 g/mol. The fraction of sp³-hybridized carbons (Fsp3) is 0. The van der Waals surface area contributed by atoms with Crippen molar-refractivity contribution in [2.75, 3.05) is 5.32 Å². The van der Waals surface area contributed by atoms with Gasteiger partial charge in [-0.1, -0.05) is 6.07 Å². The zero-order valence-electron chi connectivity index (χ0n) is 8.58. The molecule has 0 radical (unpaired) electrons. The van der Waals surface area contributed by atoms with Crippen molar-refractivity contribution in [3.63, 3.8) is 0 Å². The highest BCUT2D eigenvalue weighted by Crippen LogP contribution is 2.10. The Balaban J connectivity index is 2.75. The van der Waals surface area contributed by atoms with E-state index in [0.29, 0.717) is 6.08 Å². The molecule has 88 valence electrons. The third-order valence-corrected chi connectivity index (χ3v) is 1.75. The Morgan fingerprint density at radius 3 is 2.41 bits per heavy atom. The number of amides is 1. The van der Waals surface area contributed by atoms with Crippen molar-refractivity contribution < 1.29 is 24.6 Å². The second-order valence-electron chi connectivity index (χ2n) is 3.05. The number of aromatic carboxylic acids is 1. The lowest BCUT2D eigenvalue weighted by Crippen LogP contribution is -2.09. The van der Waals surface area contributed by atoms with E-state index in [0.717, 1.165) is 6.08 Å². The number of carboxylic acid groups (broad SMARTS) is 2. The minimum Gasteiger partial charge on any atom is -0.478 e. The maximum Gasteiger partial charge on any atom is 0.335 e. The summed E-state index contributed by atoms with van der Waals surface area (Å²) in [4.78, 5) is 32.0. The van der Waals surface area contributed by atoms with Crippen LogP contribution < -0.4 is 5.32 Å². The quantitative estimate of drug-likeness (QED) is 0.674. The van der Waals surface area contributed by atoms with Gasteiger partial charge in [-0.25, -0.2) is 9.59 Å². The Morgan fingerprint density at radius 1 is 1.12 bits per heavy atom. The molecule has 0 aliphatic carbocycles. The van der Waals surface area contributed by atoms with E-state index < -0.39 is 17.8 Å². The van der Waals surface area contributed by atoms with Crippen LogP contribution in [0.5, 0.6) is 0 Å². The lowest BCUT2D eigenvalue weighted by atomic mass is 10.2. The van der Waals surface area contributed by atoms with Gasteiger partial charge in [-0.15, -0.1) is 0 Å². The van der Waals surface area contributed by atoms with Crippen molar-refractivity contribution in [3.8, 4) is 0 Å². The second kappa shape index (κ2) is 5.45. The van der Waals surface area contributed by atoms with Gasteiger partial charge in [-0.3, -0.25) is 4.79 Å². The number of hydrogen-bond donors (Lipinski definition) is 3. The summed E-state index contributed by atoms with van der Waals surface area (Å²) >= 11 is 0. The Labute approximate surface area is 96.2 Å². The van der Waals surface area contributed by atoms with Crippen molar-refractivity contribution in [1.82, 2.24) is 0 Å². The van der Waals surface area contributed by atoms with Crippen LogP contribution in [0.4, 0.5) is 5.69 Å². The molecule has 0 fully saturated rings. The van der Waals surface area contributed by atoms with Crippen LogP contribution >= 0.6 is 0 Å². The number of carbonyl (C=O) groups excluding carboxylic acids is 1. The largest absolute Gasteiger partial charge is 0.478 e. The van der Waals surface area contributed by atoms with Gasteiger partial charge >= 0.3 is 11.9 Å². The number of hydrogen-bond acceptors (Lipinski definition) is 3. The van der Waals surface area contributed by atoms with Crippen molar-refractivity contribution in [2.45, 2.75) is 0 Å². The van der Waals surface area contributed by atoms with Gasteiger partial charge in [0.1, 0.15) is 0 Å². The summed E-state index contributed by atoms with van der Waals surface area (Å²) in [6.45, 7) is 0. The van der Waals surface area contributed by atoms with Crippen LogP contribution in [0.15, 0.2) is 36.4 Å². The van der Waals surface area contributed by atoms with Gasteiger partial charge in [0.25, 0.3) is 0 Å². The summed E-state index contributed by atoms with van der Waals surface area (Å²) in [5, 5.41) is 19.4. The number of aliphatic carboxylic acids is 1. The molecule has 3 N–H and O–H groups in total. The minimum absolute atomic E-state index is 0.0324. The molecule has 1 aromatic rings. The Kier molecular flexibility index (Phi) is 3.99. The molecule has 0 heterocycles. The fourth-order valence-electron chi connectivity index (χ4n) is 1.06. The summed E-state index contributed by atoms with van der Waals surface area (Å²) in [5.74, 6) is -2.99. The Morgan fingerprint density at radius 2 is 1.82 bits per heavy atom. The highest BCUT2D eigenvalue weighted by molar-refractivity contribution is 6.02. The van der Waals surface area contributed by atoms with E-state index in [1.807, 2.05) is 0 Å². The highest BCUT2D eigenvalue weighted by Gasteiger charge is 2.04. The topological polar surface area (TPSA) is 104 Å². The number of rotatable bonds is 4. The minimum atomic E-state index is -1.24. The van der Waals surface area contributed by atoms with Crippen molar-refractivity contribution in [1.29, 1.82) is 0 Å². The molecule has 17 heavy (non-hydrogen) atoms. The SMILES string of the molecule is O=C(O)/C=C\C(=O)Nc1cccc(C(=O)O)c1. The predicted molar refractivity (Wildman–Crippen MR) is 58.8 cm³/mol. The van der Waals surface area contributed by atoms with E-state index in [9.17, 15) is 14.4 Å². The molecule has 0 saturated heterocycles. The summed E-state index contributed by atoms with van der Waals surface area (Å²) < 4.78 is 0. The number of carboxylic acids is 2. The molecule has 0 atom stereocenters. The molecular formula is C11H9NO5. The van der Waals surface area contributed by atoms with E-state index in [1.54, 1.807) is 0 Å². The monoisotopic (exact) mass is 235 g/mol. The van der Waals surface area contributed by atoms with Gasteiger partial charge in [0.2, 0.25) is 5.91 Å². The first-order valence-electron chi connectivity index (χ1n) is 4.54. The first kappa shape index (κ1) is 12.4. The molecule has 0 aliphatic heterocycles. The van der Waals surface area contributed by atoms with Crippen molar-refractivity contribution >= 4 is 23.5 Å². The molecule has 0 aromatic heterocycles. The predicted octanol–water partition coefficient (Wildman–Crippen LogP) is 0.964. The molecule has 6 heteroatoms. The van der Waals surface area contributed by atoms with Gasteiger partial charge in [-0.2, -0.15) is 0 Å². The van der Waals surface area contributed by atoms with Gasteiger partial charge in [0.15, 0.2) is 0 Å². The highest BCUT2D eigenvalue weighted by atomic mass is 16.4. The average Bonchev–Trinajstić information content (AvgIpc) is 2.26. The number of nitrogens with one attached hydrogen (secondary N) is 1. The fourth-order valence-corrected chi connectivity index (χ4v) is 1.06. The third kappa shape index (κ3) is 4.17. The normalized spacial score (nSPS) is 10.1. The molecule has 0 spiro atoms.